The fourth-order valence-corrected chi connectivity index (χ4v) is 2.11. The van der Waals surface area contributed by atoms with Gasteiger partial charge in [-0.15, -0.1) is 11.3 Å². The van der Waals surface area contributed by atoms with Crippen LogP contribution >= 0.6 is 11.3 Å². The van der Waals surface area contributed by atoms with Gasteiger partial charge < -0.3 is 14.6 Å². The van der Waals surface area contributed by atoms with E-state index >= 15 is 0 Å². The Kier molecular flexibility index (Phi) is 4.36. The lowest BCUT2D eigenvalue weighted by atomic mass is 10.4. The first-order valence-corrected chi connectivity index (χ1v) is 6.79. The minimum absolute atomic E-state index is 0.303. The molecule has 0 fully saturated rings. The van der Waals surface area contributed by atoms with E-state index in [1.54, 1.807) is 42.4 Å². The Balaban J connectivity index is 2.01. The van der Waals surface area contributed by atoms with Gasteiger partial charge >= 0.3 is 12.0 Å². The molecule has 0 aliphatic carbocycles. The summed E-state index contributed by atoms with van der Waals surface area (Å²) >= 11 is 1.32. The van der Waals surface area contributed by atoms with E-state index in [1.807, 2.05) is 0 Å². The van der Waals surface area contributed by atoms with Crippen molar-refractivity contribution in [1.82, 2.24) is 9.55 Å². The number of esters is 1. The summed E-state index contributed by atoms with van der Waals surface area (Å²) in [5.41, 5.74) is 0.876. The second-order valence-electron chi connectivity index (χ2n) is 3.86. The molecule has 0 saturated heterocycles. The van der Waals surface area contributed by atoms with E-state index in [4.69, 9.17) is 4.74 Å². The zero-order valence-corrected chi connectivity index (χ0v) is 11.9. The monoisotopic (exact) mass is 294 g/mol. The predicted molar refractivity (Wildman–Crippen MR) is 76.1 cm³/mol. The van der Waals surface area contributed by atoms with Gasteiger partial charge in [-0.2, -0.15) is 0 Å². The van der Waals surface area contributed by atoms with Crippen molar-refractivity contribution >= 4 is 34.2 Å². The van der Waals surface area contributed by atoms with Crippen LogP contribution in [0.15, 0.2) is 23.8 Å². The highest BCUT2D eigenvalue weighted by Crippen LogP contribution is 2.15. The van der Waals surface area contributed by atoms with Crippen molar-refractivity contribution < 1.29 is 14.3 Å². The van der Waals surface area contributed by atoms with Crippen LogP contribution in [0, 0.1) is 0 Å². The van der Waals surface area contributed by atoms with Crippen molar-refractivity contribution in [2.45, 2.75) is 6.92 Å². The van der Waals surface area contributed by atoms with Crippen LogP contribution < -0.4 is 10.6 Å². The number of carbonyl (C=O) groups excluding carboxylic acids is 2. The molecule has 106 valence electrons. The Hall–Kier alpha value is -2.35. The van der Waals surface area contributed by atoms with Gasteiger partial charge in [0.15, 0.2) is 5.13 Å². The number of thiazole rings is 1. The van der Waals surface area contributed by atoms with Gasteiger partial charge in [0.05, 0.1) is 12.3 Å². The molecule has 20 heavy (non-hydrogen) atoms. The van der Waals surface area contributed by atoms with E-state index < -0.39 is 12.0 Å². The molecule has 0 atom stereocenters. The molecule has 2 amide bonds. The molecular weight excluding hydrogens is 280 g/mol. The van der Waals surface area contributed by atoms with E-state index in [9.17, 15) is 9.59 Å². The van der Waals surface area contributed by atoms with Crippen molar-refractivity contribution in [1.29, 1.82) is 0 Å². The van der Waals surface area contributed by atoms with Crippen molar-refractivity contribution in [3.05, 3.63) is 29.5 Å². The van der Waals surface area contributed by atoms with Gasteiger partial charge in [-0.3, -0.25) is 5.32 Å². The van der Waals surface area contributed by atoms with Crippen LogP contribution in [0.25, 0.3) is 0 Å². The van der Waals surface area contributed by atoms with Crippen LogP contribution in [-0.4, -0.2) is 28.2 Å². The van der Waals surface area contributed by atoms with Gasteiger partial charge in [-0.1, -0.05) is 0 Å². The zero-order chi connectivity index (χ0) is 14.5. The van der Waals surface area contributed by atoms with Gasteiger partial charge in [-0.05, 0) is 13.0 Å². The Morgan fingerprint density at radius 1 is 1.45 bits per heavy atom. The van der Waals surface area contributed by atoms with E-state index in [0.717, 1.165) is 0 Å². The SMILES string of the molecule is CCOC(=O)c1cc(NC(=O)Nc2nccs2)cn1C. The number of hydrogen-bond acceptors (Lipinski definition) is 5. The predicted octanol–water partition coefficient (Wildman–Crippen LogP) is 2.30. The van der Waals surface area contributed by atoms with E-state index in [1.165, 1.54) is 11.3 Å². The number of amides is 2. The van der Waals surface area contributed by atoms with E-state index in [-0.39, 0.29) is 0 Å². The Morgan fingerprint density at radius 3 is 2.90 bits per heavy atom. The van der Waals surface area contributed by atoms with Crippen molar-refractivity contribution in [2.75, 3.05) is 17.2 Å². The average molecular weight is 294 g/mol. The standard InChI is InChI=1S/C12H14N4O3S/c1-3-19-10(17)9-6-8(7-16(9)2)14-11(18)15-12-13-4-5-20-12/h4-7H,3H2,1-2H3,(H2,13,14,15,18). The molecule has 2 aromatic heterocycles. The van der Waals surface area contributed by atoms with Crippen LogP contribution in [-0.2, 0) is 11.8 Å². The van der Waals surface area contributed by atoms with E-state index in [0.29, 0.717) is 23.1 Å². The van der Waals surface area contributed by atoms with E-state index in [2.05, 4.69) is 15.6 Å². The smallest absolute Gasteiger partial charge is 0.355 e. The molecule has 0 spiro atoms. The molecule has 0 radical (unpaired) electrons. The number of rotatable bonds is 4. The fraction of sp³-hybridized carbons (Fsp3) is 0.250. The Labute approximate surface area is 119 Å². The molecule has 7 nitrogen and oxygen atoms in total. The molecule has 2 aromatic rings. The van der Waals surface area contributed by atoms with Gasteiger partial charge in [0.25, 0.3) is 0 Å². The first-order valence-electron chi connectivity index (χ1n) is 5.91. The summed E-state index contributed by atoms with van der Waals surface area (Å²) in [5, 5.41) is 7.48. The summed E-state index contributed by atoms with van der Waals surface area (Å²) in [7, 11) is 1.70. The summed E-state index contributed by atoms with van der Waals surface area (Å²) in [5.74, 6) is -0.427. The second kappa shape index (κ2) is 6.20. The zero-order valence-electron chi connectivity index (χ0n) is 11.0. The van der Waals surface area contributed by atoms with Crippen molar-refractivity contribution in [2.24, 2.45) is 7.05 Å². The number of hydrogen-bond donors (Lipinski definition) is 2. The van der Waals surface area contributed by atoms with Crippen LogP contribution in [0.3, 0.4) is 0 Å². The van der Waals surface area contributed by atoms with Gasteiger partial charge in [0, 0.05) is 24.8 Å². The first kappa shape index (κ1) is 14.1. The molecule has 2 N–H and O–H groups in total. The lowest BCUT2D eigenvalue weighted by molar-refractivity contribution is 0.0515. The third kappa shape index (κ3) is 3.35. The minimum atomic E-state index is -0.427. The Bertz CT molecular complexity index is 606. The summed E-state index contributed by atoms with van der Waals surface area (Å²) in [6, 6.07) is 1.14. The number of nitrogens with zero attached hydrogens (tertiary/aromatic N) is 2. The van der Waals surface area contributed by atoms with Gasteiger partial charge in [-0.25, -0.2) is 14.6 Å². The topological polar surface area (TPSA) is 85.2 Å². The quantitative estimate of drug-likeness (QED) is 0.847. The Morgan fingerprint density at radius 2 is 2.25 bits per heavy atom. The fourth-order valence-electron chi connectivity index (χ4n) is 1.59. The number of aryl methyl sites for hydroxylation is 1. The summed E-state index contributed by atoms with van der Waals surface area (Å²) in [6.07, 6.45) is 3.23. The number of anilines is 2. The number of aromatic nitrogens is 2. The molecule has 2 rings (SSSR count). The highest BCUT2D eigenvalue weighted by atomic mass is 32.1. The number of ether oxygens (including phenoxy) is 1. The second-order valence-corrected chi connectivity index (χ2v) is 4.76. The lowest BCUT2D eigenvalue weighted by Crippen LogP contribution is -2.18. The molecule has 0 saturated carbocycles. The van der Waals surface area contributed by atoms with Crippen LogP contribution in [0.4, 0.5) is 15.6 Å². The lowest BCUT2D eigenvalue weighted by Gasteiger charge is -2.02. The maximum absolute atomic E-state index is 11.7. The molecule has 0 aliphatic heterocycles. The van der Waals surface area contributed by atoms with Crippen LogP contribution in [0.1, 0.15) is 17.4 Å². The largest absolute Gasteiger partial charge is 0.461 e. The summed E-state index contributed by atoms with van der Waals surface area (Å²) < 4.78 is 6.51. The van der Waals surface area contributed by atoms with Crippen molar-refractivity contribution in [3.8, 4) is 0 Å². The molecule has 2 heterocycles. The highest BCUT2D eigenvalue weighted by molar-refractivity contribution is 7.13. The summed E-state index contributed by atoms with van der Waals surface area (Å²) in [6.45, 7) is 2.04. The normalized spacial score (nSPS) is 10.1. The average Bonchev–Trinajstić information content (AvgIpc) is 2.99. The number of urea groups is 1. The molecule has 0 unspecified atom stereocenters. The van der Waals surface area contributed by atoms with Crippen molar-refractivity contribution in [3.63, 3.8) is 0 Å². The van der Waals surface area contributed by atoms with Gasteiger partial charge in [0.1, 0.15) is 5.69 Å². The van der Waals surface area contributed by atoms with Crippen LogP contribution in [0.5, 0.6) is 0 Å². The third-order valence-electron chi connectivity index (χ3n) is 2.40. The third-order valence-corrected chi connectivity index (χ3v) is 3.09. The molecular formula is C12H14N4O3S. The number of nitrogens with one attached hydrogen (secondary N) is 2. The maximum atomic E-state index is 11.7. The minimum Gasteiger partial charge on any atom is -0.461 e. The molecule has 0 aliphatic rings. The summed E-state index contributed by atoms with van der Waals surface area (Å²) in [4.78, 5) is 27.3. The maximum Gasteiger partial charge on any atom is 0.355 e. The molecule has 0 bridgehead atoms. The van der Waals surface area contributed by atoms with Crippen LogP contribution in [0.2, 0.25) is 0 Å². The first-order chi connectivity index (χ1) is 9.60. The molecule has 8 heteroatoms. The highest BCUT2D eigenvalue weighted by Gasteiger charge is 2.14. The molecule has 0 aromatic carbocycles. The number of carbonyl (C=O) groups is 2. The van der Waals surface area contributed by atoms with Gasteiger partial charge in [0.2, 0.25) is 0 Å².